The molecule has 0 aliphatic carbocycles. The van der Waals surface area contributed by atoms with Gasteiger partial charge >= 0.3 is 6.61 Å². The molecule has 0 fully saturated rings. The maximum absolute atomic E-state index is 12.6. The maximum atomic E-state index is 12.6. The van der Waals surface area contributed by atoms with Gasteiger partial charge in [-0.2, -0.15) is 8.78 Å². The van der Waals surface area contributed by atoms with Crippen LogP contribution in [0.15, 0.2) is 30.3 Å². The molecule has 0 aliphatic heterocycles. The fourth-order valence-electron chi connectivity index (χ4n) is 2.56. The Bertz CT molecular complexity index is 607. The predicted molar refractivity (Wildman–Crippen MR) is 89.1 cm³/mol. The van der Waals surface area contributed by atoms with Crippen LogP contribution < -0.4 is 4.74 Å². The Balaban J connectivity index is 2.42. The molecule has 0 saturated heterocycles. The van der Waals surface area contributed by atoms with Crippen molar-refractivity contribution in [2.45, 2.75) is 52.6 Å². The lowest BCUT2D eigenvalue weighted by Gasteiger charge is -2.15. The second-order valence-corrected chi connectivity index (χ2v) is 6.61. The van der Waals surface area contributed by atoms with Crippen molar-refractivity contribution >= 4 is 11.3 Å². The van der Waals surface area contributed by atoms with E-state index >= 15 is 0 Å². The smallest absolute Gasteiger partial charge is 0.387 e. The van der Waals surface area contributed by atoms with Gasteiger partial charge < -0.3 is 4.74 Å². The Morgan fingerprint density at radius 3 is 2.50 bits per heavy atom. The van der Waals surface area contributed by atoms with E-state index in [-0.39, 0.29) is 5.75 Å². The standard InChI is InChI=1S/C18H22F2OS/c1-4-6-12(3)13-7-9-16(21-18(19)20)15(11-13)17-10-8-14(5-2)22-17/h7-12,18H,4-6H2,1-3H3. The van der Waals surface area contributed by atoms with Crippen LogP contribution in [0.4, 0.5) is 8.78 Å². The Labute approximate surface area is 134 Å². The zero-order chi connectivity index (χ0) is 16.1. The quantitative estimate of drug-likeness (QED) is 0.566. The van der Waals surface area contributed by atoms with Crippen molar-refractivity contribution in [3.05, 3.63) is 40.8 Å². The highest BCUT2D eigenvalue weighted by Gasteiger charge is 2.15. The summed E-state index contributed by atoms with van der Waals surface area (Å²) in [6, 6.07) is 9.62. The zero-order valence-electron chi connectivity index (χ0n) is 13.2. The summed E-state index contributed by atoms with van der Waals surface area (Å²) >= 11 is 1.64. The number of ether oxygens (including phenoxy) is 1. The summed E-state index contributed by atoms with van der Waals surface area (Å²) in [6.07, 6.45) is 3.13. The van der Waals surface area contributed by atoms with E-state index in [4.69, 9.17) is 4.74 Å². The first-order chi connectivity index (χ1) is 10.5. The fourth-order valence-corrected chi connectivity index (χ4v) is 3.53. The molecule has 2 rings (SSSR count). The molecule has 0 amide bonds. The van der Waals surface area contributed by atoms with Gasteiger partial charge in [-0.3, -0.25) is 0 Å². The third kappa shape index (κ3) is 4.07. The Morgan fingerprint density at radius 2 is 1.91 bits per heavy atom. The highest BCUT2D eigenvalue weighted by Crippen LogP contribution is 2.38. The largest absolute Gasteiger partial charge is 0.434 e. The molecule has 0 radical (unpaired) electrons. The van der Waals surface area contributed by atoms with E-state index in [2.05, 4.69) is 20.8 Å². The SMILES string of the molecule is CCCC(C)c1ccc(OC(F)F)c(-c2ccc(CC)s2)c1. The summed E-state index contributed by atoms with van der Waals surface area (Å²) in [5.74, 6) is 0.668. The minimum Gasteiger partial charge on any atom is -0.434 e. The highest BCUT2D eigenvalue weighted by molar-refractivity contribution is 7.15. The first-order valence-corrected chi connectivity index (χ1v) is 8.54. The zero-order valence-corrected chi connectivity index (χ0v) is 14.1. The molecule has 1 atom stereocenters. The van der Waals surface area contributed by atoms with Crippen molar-refractivity contribution < 1.29 is 13.5 Å². The average molecular weight is 324 g/mol. The summed E-state index contributed by atoms with van der Waals surface area (Å²) in [6.45, 7) is 3.61. The molecule has 0 bridgehead atoms. The van der Waals surface area contributed by atoms with Crippen LogP contribution in [0, 0.1) is 0 Å². The van der Waals surface area contributed by atoms with Crippen LogP contribution in [0.25, 0.3) is 10.4 Å². The first-order valence-electron chi connectivity index (χ1n) is 7.73. The summed E-state index contributed by atoms with van der Waals surface area (Å²) < 4.78 is 30.0. The van der Waals surface area contributed by atoms with Gasteiger partial charge in [0, 0.05) is 15.3 Å². The second-order valence-electron chi connectivity index (χ2n) is 5.44. The van der Waals surface area contributed by atoms with Gasteiger partial charge in [-0.05, 0) is 48.6 Å². The Morgan fingerprint density at radius 1 is 1.14 bits per heavy atom. The van der Waals surface area contributed by atoms with Crippen LogP contribution in [0.3, 0.4) is 0 Å². The molecule has 0 saturated carbocycles. The van der Waals surface area contributed by atoms with Crippen LogP contribution in [0.5, 0.6) is 5.75 Å². The van der Waals surface area contributed by atoms with Crippen LogP contribution >= 0.6 is 11.3 Å². The molecule has 0 aliphatic rings. The summed E-state index contributed by atoms with van der Waals surface area (Å²) in [7, 11) is 0. The monoisotopic (exact) mass is 324 g/mol. The molecule has 1 nitrogen and oxygen atoms in total. The molecule has 0 spiro atoms. The van der Waals surface area contributed by atoms with E-state index < -0.39 is 6.61 Å². The van der Waals surface area contributed by atoms with Gasteiger partial charge in [-0.25, -0.2) is 0 Å². The number of aryl methyl sites for hydroxylation is 1. The number of hydrogen-bond acceptors (Lipinski definition) is 2. The first kappa shape index (κ1) is 16.9. The Hall–Kier alpha value is -1.42. The minimum atomic E-state index is -2.80. The van der Waals surface area contributed by atoms with Gasteiger partial charge in [-0.1, -0.05) is 33.3 Å². The number of halogens is 2. The van der Waals surface area contributed by atoms with Gasteiger partial charge in [0.1, 0.15) is 5.75 Å². The topological polar surface area (TPSA) is 9.23 Å². The summed E-state index contributed by atoms with van der Waals surface area (Å²) in [5, 5.41) is 0. The fraction of sp³-hybridized carbons (Fsp3) is 0.444. The third-order valence-corrected chi connectivity index (χ3v) is 5.05. The Kier molecular flexibility index (Phi) is 5.95. The molecular formula is C18H22F2OS. The van der Waals surface area contributed by atoms with Crippen LogP contribution in [-0.2, 0) is 6.42 Å². The van der Waals surface area contributed by atoms with Gasteiger partial charge in [0.25, 0.3) is 0 Å². The van der Waals surface area contributed by atoms with Crippen molar-refractivity contribution in [1.82, 2.24) is 0 Å². The van der Waals surface area contributed by atoms with E-state index in [1.54, 1.807) is 17.4 Å². The van der Waals surface area contributed by atoms with Crippen LogP contribution in [0.1, 0.15) is 50.0 Å². The van der Waals surface area contributed by atoms with Crippen molar-refractivity contribution in [2.24, 2.45) is 0 Å². The van der Waals surface area contributed by atoms with Crippen molar-refractivity contribution in [1.29, 1.82) is 0 Å². The predicted octanol–water partition coefficient (Wildman–Crippen LogP) is 6.48. The molecule has 22 heavy (non-hydrogen) atoms. The van der Waals surface area contributed by atoms with E-state index in [0.717, 1.165) is 29.7 Å². The molecule has 1 heterocycles. The third-order valence-electron chi connectivity index (χ3n) is 3.79. The van der Waals surface area contributed by atoms with Crippen molar-refractivity contribution in [2.75, 3.05) is 0 Å². The lowest BCUT2D eigenvalue weighted by atomic mass is 9.94. The van der Waals surface area contributed by atoms with E-state index in [1.165, 1.54) is 10.4 Å². The van der Waals surface area contributed by atoms with Crippen molar-refractivity contribution in [3.8, 4) is 16.2 Å². The molecule has 1 unspecified atom stereocenters. The number of benzene rings is 1. The number of thiophene rings is 1. The van der Waals surface area contributed by atoms with Gasteiger partial charge in [0.05, 0.1) is 0 Å². The van der Waals surface area contributed by atoms with Crippen molar-refractivity contribution in [3.63, 3.8) is 0 Å². The van der Waals surface area contributed by atoms with Crippen LogP contribution in [-0.4, -0.2) is 6.61 Å². The summed E-state index contributed by atoms with van der Waals surface area (Å²) in [5.41, 5.74) is 1.94. The molecule has 4 heteroatoms. The maximum Gasteiger partial charge on any atom is 0.387 e. The molecule has 1 aromatic carbocycles. The van der Waals surface area contributed by atoms with Gasteiger partial charge in [-0.15, -0.1) is 11.3 Å². The molecule has 2 aromatic rings. The van der Waals surface area contributed by atoms with Crippen LogP contribution in [0.2, 0.25) is 0 Å². The highest BCUT2D eigenvalue weighted by atomic mass is 32.1. The normalized spacial score (nSPS) is 12.6. The number of rotatable bonds is 7. The van der Waals surface area contributed by atoms with Gasteiger partial charge in [0.15, 0.2) is 0 Å². The van der Waals surface area contributed by atoms with E-state index in [9.17, 15) is 8.78 Å². The molecule has 120 valence electrons. The average Bonchev–Trinajstić information content (AvgIpc) is 2.96. The van der Waals surface area contributed by atoms with E-state index in [0.29, 0.717) is 5.92 Å². The van der Waals surface area contributed by atoms with Gasteiger partial charge in [0.2, 0.25) is 0 Å². The minimum absolute atomic E-state index is 0.256. The number of alkyl halides is 2. The lowest BCUT2D eigenvalue weighted by Crippen LogP contribution is -2.04. The second kappa shape index (κ2) is 7.73. The number of hydrogen-bond donors (Lipinski definition) is 0. The molecule has 1 aromatic heterocycles. The van der Waals surface area contributed by atoms with E-state index in [1.807, 2.05) is 24.3 Å². The molecule has 0 N–H and O–H groups in total. The molecular weight excluding hydrogens is 302 g/mol. The summed E-state index contributed by atoms with van der Waals surface area (Å²) in [4.78, 5) is 2.23. The lowest BCUT2D eigenvalue weighted by molar-refractivity contribution is -0.0494.